The Morgan fingerprint density at radius 1 is 1.31 bits per heavy atom. The molecule has 7 heteroatoms. The fraction of sp³-hybridized carbons (Fsp3) is 0.316. The molecule has 3 heterocycles. The molecule has 1 atom stereocenters. The van der Waals surface area contributed by atoms with Crippen LogP contribution in [0.5, 0.6) is 0 Å². The van der Waals surface area contributed by atoms with Crippen LogP contribution < -0.4 is 10.6 Å². The molecule has 1 saturated heterocycles. The largest absolute Gasteiger partial charge is 0.375 e. The predicted octanol–water partition coefficient (Wildman–Crippen LogP) is 2.98. The summed E-state index contributed by atoms with van der Waals surface area (Å²) in [4.78, 5) is 22.0. The van der Waals surface area contributed by atoms with Gasteiger partial charge in [-0.2, -0.15) is 0 Å². The van der Waals surface area contributed by atoms with E-state index >= 15 is 0 Å². The van der Waals surface area contributed by atoms with Crippen molar-refractivity contribution in [1.82, 2.24) is 15.3 Å². The third kappa shape index (κ3) is 3.90. The Morgan fingerprint density at radius 3 is 3.00 bits per heavy atom. The van der Waals surface area contributed by atoms with Gasteiger partial charge in [0, 0.05) is 30.9 Å². The summed E-state index contributed by atoms with van der Waals surface area (Å²) < 4.78 is 5.57. The molecule has 2 aromatic heterocycles. The van der Waals surface area contributed by atoms with Gasteiger partial charge in [0.05, 0.1) is 29.0 Å². The number of nitrogens with zero attached hydrogens (tertiary/aromatic N) is 2. The smallest absolute Gasteiger partial charge is 0.228 e. The number of amides is 1. The van der Waals surface area contributed by atoms with Gasteiger partial charge in [-0.25, -0.2) is 9.97 Å². The number of benzene rings is 1. The molecule has 0 spiro atoms. The highest BCUT2D eigenvalue weighted by Crippen LogP contribution is 2.29. The van der Waals surface area contributed by atoms with Gasteiger partial charge in [0.25, 0.3) is 0 Å². The minimum Gasteiger partial charge on any atom is -0.375 e. The predicted molar refractivity (Wildman–Crippen MR) is 103 cm³/mol. The SMILES string of the molecule is Cc1ncc(-c2ccc3cnc(NC(=O)CC4CNCCO4)cc3c2)s1. The number of anilines is 1. The first-order chi connectivity index (χ1) is 12.7. The van der Waals surface area contributed by atoms with Crippen molar-refractivity contribution in [2.24, 2.45) is 0 Å². The van der Waals surface area contributed by atoms with E-state index in [4.69, 9.17) is 4.74 Å². The Morgan fingerprint density at radius 2 is 2.23 bits per heavy atom. The van der Waals surface area contributed by atoms with Gasteiger partial charge in [-0.05, 0) is 30.0 Å². The first-order valence-electron chi connectivity index (χ1n) is 8.62. The van der Waals surface area contributed by atoms with Crippen LogP contribution in [0.3, 0.4) is 0 Å². The number of rotatable bonds is 4. The summed E-state index contributed by atoms with van der Waals surface area (Å²) in [7, 11) is 0. The molecule has 4 rings (SSSR count). The van der Waals surface area contributed by atoms with Crippen LogP contribution in [0.2, 0.25) is 0 Å². The molecule has 1 aromatic carbocycles. The van der Waals surface area contributed by atoms with Gasteiger partial charge in [-0.15, -0.1) is 11.3 Å². The van der Waals surface area contributed by atoms with E-state index < -0.39 is 0 Å². The van der Waals surface area contributed by atoms with E-state index in [2.05, 4.69) is 32.7 Å². The maximum Gasteiger partial charge on any atom is 0.228 e. The van der Waals surface area contributed by atoms with Crippen LogP contribution >= 0.6 is 11.3 Å². The standard InChI is InChI=1S/C19H20N4O2S/c1-12-21-11-17(26-12)13-2-3-14-9-22-18(7-15(14)6-13)23-19(24)8-16-10-20-4-5-25-16/h2-3,6-7,9,11,16,20H,4-5,8,10H2,1H3,(H,22,23,24). The van der Waals surface area contributed by atoms with Crippen LogP contribution in [0.4, 0.5) is 5.82 Å². The Kier molecular flexibility index (Phi) is 4.92. The van der Waals surface area contributed by atoms with Crippen LogP contribution in [0, 0.1) is 6.92 Å². The summed E-state index contributed by atoms with van der Waals surface area (Å²) in [6.45, 7) is 4.19. The average molecular weight is 368 g/mol. The number of aryl methyl sites for hydroxylation is 1. The molecular weight excluding hydrogens is 348 g/mol. The lowest BCUT2D eigenvalue weighted by atomic mass is 10.1. The molecule has 1 fully saturated rings. The number of nitrogens with one attached hydrogen (secondary N) is 2. The summed E-state index contributed by atoms with van der Waals surface area (Å²) in [5, 5.41) is 9.22. The van der Waals surface area contributed by atoms with Crippen molar-refractivity contribution >= 4 is 33.8 Å². The second-order valence-electron chi connectivity index (χ2n) is 6.32. The van der Waals surface area contributed by atoms with E-state index in [1.165, 1.54) is 0 Å². The number of fused-ring (bicyclic) bond motifs is 1. The van der Waals surface area contributed by atoms with Crippen LogP contribution in [0.15, 0.2) is 36.7 Å². The molecule has 3 aromatic rings. The monoisotopic (exact) mass is 368 g/mol. The minimum absolute atomic E-state index is 0.0784. The number of hydrogen-bond acceptors (Lipinski definition) is 6. The minimum atomic E-state index is -0.0835. The number of carbonyl (C=O) groups excluding carboxylic acids is 1. The van der Waals surface area contributed by atoms with Crippen LogP contribution in [-0.4, -0.2) is 41.7 Å². The van der Waals surface area contributed by atoms with Gasteiger partial charge in [0.15, 0.2) is 0 Å². The summed E-state index contributed by atoms with van der Waals surface area (Å²) in [5.41, 5.74) is 1.12. The number of ether oxygens (including phenoxy) is 1. The van der Waals surface area contributed by atoms with Gasteiger partial charge in [0.2, 0.25) is 5.91 Å². The third-order valence-electron chi connectivity index (χ3n) is 4.31. The second-order valence-corrected chi connectivity index (χ2v) is 7.56. The molecule has 134 valence electrons. The maximum absolute atomic E-state index is 12.2. The Balaban J connectivity index is 1.51. The van der Waals surface area contributed by atoms with Crippen LogP contribution in [-0.2, 0) is 9.53 Å². The van der Waals surface area contributed by atoms with Gasteiger partial charge in [-0.3, -0.25) is 4.79 Å². The van der Waals surface area contributed by atoms with E-state index in [1.54, 1.807) is 17.5 Å². The van der Waals surface area contributed by atoms with Crippen molar-refractivity contribution in [3.8, 4) is 10.4 Å². The molecular formula is C19H20N4O2S. The van der Waals surface area contributed by atoms with Crippen molar-refractivity contribution in [1.29, 1.82) is 0 Å². The Labute approximate surface area is 155 Å². The van der Waals surface area contributed by atoms with Crippen molar-refractivity contribution < 1.29 is 9.53 Å². The van der Waals surface area contributed by atoms with Crippen LogP contribution in [0.1, 0.15) is 11.4 Å². The van der Waals surface area contributed by atoms with Gasteiger partial charge in [-0.1, -0.05) is 12.1 Å². The third-order valence-corrected chi connectivity index (χ3v) is 5.27. The molecule has 1 aliphatic rings. The van der Waals surface area contributed by atoms with Crippen molar-refractivity contribution in [3.05, 3.63) is 41.7 Å². The molecule has 0 saturated carbocycles. The fourth-order valence-electron chi connectivity index (χ4n) is 3.01. The van der Waals surface area contributed by atoms with E-state index in [0.29, 0.717) is 25.4 Å². The molecule has 26 heavy (non-hydrogen) atoms. The normalized spacial score (nSPS) is 17.3. The van der Waals surface area contributed by atoms with Crippen molar-refractivity contribution in [2.45, 2.75) is 19.4 Å². The highest BCUT2D eigenvalue weighted by Gasteiger charge is 2.17. The zero-order valence-electron chi connectivity index (χ0n) is 14.5. The summed E-state index contributed by atoms with van der Waals surface area (Å²) >= 11 is 1.67. The summed E-state index contributed by atoms with van der Waals surface area (Å²) in [6.07, 6.45) is 3.92. The molecule has 0 aliphatic carbocycles. The van der Waals surface area contributed by atoms with Crippen LogP contribution in [0.25, 0.3) is 21.2 Å². The van der Waals surface area contributed by atoms with E-state index in [-0.39, 0.29) is 12.0 Å². The highest BCUT2D eigenvalue weighted by molar-refractivity contribution is 7.15. The summed E-state index contributed by atoms with van der Waals surface area (Å²) in [5.74, 6) is 0.476. The fourth-order valence-corrected chi connectivity index (χ4v) is 3.78. The number of thiazole rings is 1. The topological polar surface area (TPSA) is 76.1 Å². The molecule has 1 amide bonds. The first kappa shape index (κ1) is 17.1. The van der Waals surface area contributed by atoms with E-state index in [1.807, 2.05) is 25.3 Å². The number of morpholine rings is 1. The number of hydrogen-bond donors (Lipinski definition) is 2. The first-order valence-corrected chi connectivity index (χ1v) is 9.44. The van der Waals surface area contributed by atoms with Gasteiger partial charge < -0.3 is 15.4 Å². The molecule has 2 N–H and O–H groups in total. The van der Waals surface area contributed by atoms with Gasteiger partial charge in [0.1, 0.15) is 5.82 Å². The van der Waals surface area contributed by atoms with Crippen molar-refractivity contribution in [3.63, 3.8) is 0 Å². The zero-order valence-corrected chi connectivity index (χ0v) is 15.3. The highest BCUT2D eigenvalue weighted by atomic mass is 32.1. The molecule has 1 unspecified atom stereocenters. The van der Waals surface area contributed by atoms with Gasteiger partial charge >= 0.3 is 0 Å². The maximum atomic E-state index is 12.2. The molecule has 0 bridgehead atoms. The molecule has 1 aliphatic heterocycles. The quantitative estimate of drug-likeness (QED) is 0.740. The molecule has 0 radical (unpaired) electrons. The lowest BCUT2D eigenvalue weighted by Crippen LogP contribution is -2.40. The lowest BCUT2D eigenvalue weighted by molar-refractivity contribution is -0.119. The average Bonchev–Trinajstić information content (AvgIpc) is 3.08. The van der Waals surface area contributed by atoms with E-state index in [9.17, 15) is 4.79 Å². The zero-order chi connectivity index (χ0) is 17.9. The van der Waals surface area contributed by atoms with Crippen molar-refractivity contribution in [2.75, 3.05) is 25.0 Å². The number of aromatic nitrogens is 2. The molecule has 6 nitrogen and oxygen atoms in total. The Hall–Kier alpha value is -2.35. The number of carbonyl (C=O) groups is 1. The number of pyridine rings is 1. The second kappa shape index (κ2) is 7.49. The summed E-state index contributed by atoms with van der Waals surface area (Å²) in [6, 6.07) is 8.13. The Bertz CT molecular complexity index is 934. The lowest BCUT2D eigenvalue weighted by Gasteiger charge is -2.22. The van der Waals surface area contributed by atoms with E-state index in [0.717, 1.165) is 32.8 Å².